The lowest BCUT2D eigenvalue weighted by molar-refractivity contribution is -0.127. The molecule has 2 aliphatic rings. The SMILES string of the molecule is CC(C)N1CCC(C(=O)N[C@@H]2CCCC[C@@H]2NC(=O)c2cc3cc(Cl)ccc3[nH]2)CC1. The highest BCUT2D eigenvalue weighted by Gasteiger charge is 2.32. The Bertz CT molecular complexity index is 933. The molecule has 2 fully saturated rings. The Morgan fingerprint density at radius 1 is 1.03 bits per heavy atom. The maximum absolute atomic E-state index is 12.9. The highest BCUT2D eigenvalue weighted by atomic mass is 35.5. The second-order valence-corrected chi connectivity index (χ2v) is 9.73. The molecule has 2 amide bonds. The van der Waals surface area contributed by atoms with Crippen LogP contribution in [0, 0.1) is 5.92 Å². The molecule has 7 heteroatoms. The van der Waals surface area contributed by atoms with Gasteiger partial charge in [-0.15, -0.1) is 0 Å². The Morgan fingerprint density at radius 2 is 1.71 bits per heavy atom. The maximum atomic E-state index is 12.9. The van der Waals surface area contributed by atoms with E-state index in [0.717, 1.165) is 62.5 Å². The summed E-state index contributed by atoms with van der Waals surface area (Å²) in [6, 6.07) is 7.84. The van der Waals surface area contributed by atoms with Gasteiger partial charge in [0.15, 0.2) is 0 Å². The van der Waals surface area contributed by atoms with Crippen molar-refractivity contribution < 1.29 is 9.59 Å². The Labute approximate surface area is 189 Å². The first-order chi connectivity index (χ1) is 14.9. The number of benzene rings is 1. The number of hydrogen-bond acceptors (Lipinski definition) is 3. The van der Waals surface area contributed by atoms with Gasteiger partial charge in [0, 0.05) is 40.0 Å². The smallest absolute Gasteiger partial charge is 0.268 e. The molecular formula is C24H33ClN4O2. The molecule has 1 aliphatic carbocycles. The van der Waals surface area contributed by atoms with Gasteiger partial charge >= 0.3 is 0 Å². The van der Waals surface area contributed by atoms with Crippen molar-refractivity contribution in [2.24, 2.45) is 5.92 Å². The van der Waals surface area contributed by atoms with Crippen molar-refractivity contribution in [3.63, 3.8) is 0 Å². The molecule has 0 bridgehead atoms. The number of fused-ring (bicyclic) bond motifs is 1. The predicted octanol–water partition coefficient (Wildman–Crippen LogP) is 4.10. The highest BCUT2D eigenvalue weighted by Crippen LogP contribution is 2.24. The molecular weight excluding hydrogens is 412 g/mol. The van der Waals surface area contributed by atoms with Crippen molar-refractivity contribution in [3.8, 4) is 0 Å². The van der Waals surface area contributed by atoms with E-state index >= 15 is 0 Å². The van der Waals surface area contributed by atoms with Crippen LogP contribution < -0.4 is 10.6 Å². The van der Waals surface area contributed by atoms with Crippen molar-refractivity contribution >= 4 is 34.3 Å². The number of piperidine rings is 1. The summed E-state index contributed by atoms with van der Waals surface area (Å²) >= 11 is 6.06. The zero-order chi connectivity index (χ0) is 22.0. The molecule has 0 unspecified atom stereocenters. The van der Waals surface area contributed by atoms with Crippen LogP contribution in [0.5, 0.6) is 0 Å². The molecule has 4 rings (SSSR count). The van der Waals surface area contributed by atoms with E-state index in [-0.39, 0.29) is 29.8 Å². The number of likely N-dealkylation sites (tertiary alicyclic amines) is 1. The Balaban J connectivity index is 1.36. The van der Waals surface area contributed by atoms with Gasteiger partial charge in [-0.1, -0.05) is 24.4 Å². The van der Waals surface area contributed by atoms with Gasteiger partial charge in [0.1, 0.15) is 5.69 Å². The second-order valence-electron chi connectivity index (χ2n) is 9.30. The number of hydrogen-bond donors (Lipinski definition) is 3. The summed E-state index contributed by atoms with van der Waals surface area (Å²) in [7, 11) is 0. The molecule has 3 N–H and O–H groups in total. The zero-order valence-corrected chi connectivity index (χ0v) is 19.2. The fraction of sp³-hybridized carbons (Fsp3) is 0.583. The number of H-pyrrole nitrogens is 1. The minimum atomic E-state index is -0.135. The average molecular weight is 445 g/mol. The normalized spacial score (nSPS) is 23.2. The second kappa shape index (κ2) is 9.61. The first-order valence-corrected chi connectivity index (χ1v) is 11.9. The first-order valence-electron chi connectivity index (χ1n) is 11.5. The van der Waals surface area contributed by atoms with E-state index in [0.29, 0.717) is 16.8 Å². The molecule has 6 nitrogen and oxygen atoms in total. The van der Waals surface area contributed by atoms with Crippen molar-refractivity contribution in [2.45, 2.75) is 70.5 Å². The van der Waals surface area contributed by atoms with Gasteiger partial charge in [-0.25, -0.2) is 0 Å². The molecule has 2 atom stereocenters. The van der Waals surface area contributed by atoms with Crippen LogP contribution in [-0.2, 0) is 4.79 Å². The van der Waals surface area contributed by atoms with Gasteiger partial charge in [0.25, 0.3) is 5.91 Å². The topological polar surface area (TPSA) is 77.2 Å². The molecule has 1 saturated heterocycles. The van der Waals surface area contributed by atoms with Crippen molar-refractivity contribution in [3.05, 3.63) is 35.0 Å². The Morgan fingerprint density at radius 3 is 2.39 bits per heavy atom. The third kappa shape index (κ3) is 5.24. The molecule has 0 spiro atoms. The monoisotopic (exact) mass is 444 g/mol. The van der Waals surface area contributed by atoms with Crippen molar-refractivity contribution in [1.82, 2.24) is 20.5 Å². The third-order valence-electron chi connectivity index (χ3n) is 6.87. The molecule has 0 radical (unpaired) electrons. The largest absolute Gasteiger partial charge is 0.351 e. The third-order valence-corrected chi connectivity index (χ3v) is 7.10. The summed E-state index contributed by atoms with van der Waals surface area (Å²) < 4.78 is 0. The van der Waals surface area contributed by atoms with Gasteiger partial charge in [-0.3, -0.25) is 9.59 Å². The standard InChI is InChI=1S/C24H33ClN4O2/c1-15(2)29-11-9-16(10-12-29)23(30)27-20-5-3-4-6-21(20)28-24(31)22-14-17-13-18(25)7-8-19(17)26-22/h7-8,13-16,20-21,26H,3-6,9-12H2,1-2H3,(H,27,30)(H,28,31)/t20-,21+/m1/s1. The van der Waals surface area contributed by atoms with Crippen LogP contribution in [0.3, 0.4) is 0 Å². The van der Waals surface area contributed by atoms with E-state index < -0.39 is 0 Å². The fourth-order valence-corrected chi connectivity index (χ4v) is 5.11. The van der Waals surface area contributed by atoms with Gasteiger partial charge in [0.05, 0.1) is 0 Å². The van der Waals surface area contributed by atoms with Gasteiger partial charge in [-0.05, 0) is 76.9 Å². The van der Waals surface area contributed by atoms with Gasteiger partial charge < -0.3 is 20.5 Å². The Hall–Kier alpha value is -2.05. The van der Waals surface area contributed by atoms with E-state index in [1.54, 1.807) is 6.07 Å². The molecule has 31 heavy (non-hydrogen) atoms. The molecule has 1 aromatic heterocycles. The lowest BCUT2D eigenvalue weighted by Crippen LogP contribution is -2.55. The zero-order valence-electron chi connectivity index (χ0n) is 18.4. The van der Waals surface area contributed by atoms with Gasteiger partial charge in [-0.2, -0.15) is 0 Å². The van der Waals surface area contributed by atoms with Crippen molar-refractivity contribution in [1.29, 1.82) is 0 Å². The average Bonchev–Trinajstić information content (AvgIpc) is 3.18. The van der Waals surface area contributed by atoms with Crippen molar-refractivity contribution in [2.75, 3.05) is 13.1 Å². The number of carbonyl (C=O) groups is 2. The van der Waals surface area contributed by atoms with E-state index in [9.17, 15) is 9.59 Å². The number of nitrogens with one attached hydrogen (secondary N) is 3. The minimum Gasteiger partial charge on any atom is -0.351 e. The van der Waals surface area contributed by atoms with E-state index in [4.69, 9.17) is 11.6 Å². The maximum Gasteiger partial charge on any atom is 0.268 e. The summed E-state index contributed by atoms with van der Waals surface area (Å²) in [5.41, 5.74) is 1.41. The van der Waals surface area contributed by atoms with Crippen LogP contribution in [0.25, 0.3) is 10.9 Å². The van der Waals surface area contributed by atoms with Gasteiger partial charge in [0.2, 0.25) is 5.91 Å². The summed E-state index contributed by atoms with van der Waals surface area (Å²) in [6.45, 7) is 6.37. The van der Waals surface area contributed by atoms with Crippen LogP contribution in [0.15, 0.2) is 24.3 Å². The molecule has 1 saturated carbocycles. The van der Waals surface area contributed by atoms with Crippen LogP contribution in [-0.4, -0.2) is 52.9 Å². The van der Waals surface area contributed by atoms with Crippen LogP contribution in [0.2, 0.25) is 5.02 Å². The lowest BCUT2D eigenvalue weighted by atomic mass is 9.88. The summed E-state index contributed by atoms with van der Waals surface area (Å²) in [5.74, 6) is 0.0882. The molecule has 1 aliphatic heterocycles. The van der Waals surface area contributed by atoms with Crippen LogP contribution >= 0.6 is 11.6 Å². The predicted molar refractivity (Wildman–Crippen MR) is 124 cm³/mol. The van der Waals surface area contributed by atoms with E-state index in [2.05, 4.69) is 34.4 Å². The number of halogens is 1. The van der Waals surface area contributed by atoms with E-state index in [1.807, 2.05) is 18.2 Å². The fourth-order valence-electron chi connectivity index (χ4n) is 4.93. The Kier molecular flexibility index (Phi) is 6.87. The highest BCUT2D eigenvalue weighted by molar-refractivity contribution is 6.31. The number of nitrogens with zero attached hydrogens (tertiary/aromatic N) is 1. The molecule has 2 aromatic rings. The number of aromatic amines is 1. The quantitative estimate of drug-likeness (QED) is 0.649. The number of amides is 2. The van der Waals surface area contributed by atoms with Crippen LogP contribution in [0.4, 0.5) is 0 Å². The number of carbonyl (C=O) groups excluding carboxylic acids is 2. The molecule has 1 aromatic carbocycles. The molecule has 2 heterocycles. The van der Waals surface area contributed by atoms with Crippen LogP contribution in [0.1, 0.15) is 62.9 Å². The first kappa shape index (κ1) is 22.2. The minimum absolute atomic E-state index is 0.00727. The number of rotatable bonds is 5. The lowest BCUT2D eigenvalue weighted by Gasteiger charge is -2.36. The molecule has 168 valence electrons. The number of aromatic nitrogens is 1. The summed E-state index contributed by atoms with van der Waals surface area (Å²) in [5, 5.41) is 8.00. The summed E-state index contributed by atoms with van der Waals surface area (Å²) in [6.07, 6.45) is 5.75. The summed E-state index contributed by atoms with van der Waals surface area (Å²) in [4.78, 5) is 31.4. The van der Waals surface area contributed by atoms with E-state index in [1.165, 1.54) is 0 Å².